The topological polar surface area (TPSA) is 94.3 Å². The number of benzene rings is 1. The Hall–Kier alpha value is -2.89. The summed E-state index contributed by atoms with van der Waals surface area (Å²) in [6, 6.07) is 11.2. The molecule has 96 valence electrons. The molecular formula is C13H11N3O3. The summed E-state index contributed by atoms with van der Waals surface area (Å²) in [5.74, 6) is 0.441. The maximum atomic E-state index is 11.9. The molecule has 0 aliphatic heterocycles. The van der Waals surface area contributed by atoms with Gasteiger partial charge in [-0.1, -0.05) is 6.07 Å². The Kier molecular flexibility index (Phi) is 3.72. The molecule has 6 nitrogen and oxygen atoms in total. The molecule has 0 aliphatic carbocycles. The summed E-state index contributed by atoms with van der Waals surface area (Å²) >= 11 is 0. The molecule has 0 spiro atoms. The molecule has 2 amide bonds. The lowest BCUT2D eigenvalue weighted by Crippen LogP contribution is -2.16. The van der Waals surface area contributed by atoms with E-state index in [1.54, 1.807) is 24.4 Å². The van der Waals surface area contributed by atoms with Crippen molar-refractivity contribution in [1.82, 2.24) is 4.98 Å². The maximum absolute atomic E-state index is 11.9. The molecular weight excluding hydrogens is 246 g/mol. The van der Waals surface area contributed by atoms with Gasteiger partial charge in [-0.25, -0.2) is 9.78 Å². The molecule has 1 aromatic heterocycles. The van der Waals surface area contributed by atoms with E-state index in [0.29, 0.717) is 11.4 Å². The highest BCUT2D eigenvalue weighted by atomic mass is 16.5. The van der Waals surface area contributed by atoms with Gasteiger partial charge in [0, 0.05) is 11.8 Å². The van der Waals surface area contributed by atoms with Crippen LogP contribution in [0.1, 0.15) is 10.4 Å². The lowest BCUT2D eigenvalue weighted by molar-refractivity contribution is 0.102. The number of pyridine rings is 1. The number of hydrogen-bond donors (Lipinski definition) is 2. The number of carbonyl (C=O) groups excluding carboxylic acids is 2. The van der Waals surface area contributed by atoms with Crippen molar-refractivity contribution in [3.8, 4) is 5.75 Å². The number of aromatic nitrogens is 1. The smallest absolute Gasteiger partial charge is 0.409 e. The predicted octanol–water partition coefficient (Wildman–Crippen LogP) is 1.79. The van der Waals surface area contributed by atoms with Gasteiger partial charge in [0.1, 0.15) is 11.6 Å². The van der Waals surface area contributed by atoms with Gasteiger partial charge in [-0.2, -0.15) is 0 Å². The van der Waals surface area contributed by atoms with E-state index in [2.05, 4.69) is 15.0 Å². The van der Waals surface area contributed by atoms with Crippen LogP contribution >= 0.6 is 0 Å². The van der Waals surface area contributed by atoms with Crippen LogP contribution in [0, 0.1) is 0 Å². The van der Waals surface area contributed by atoms with E-state index in [1.807, 2.05) is 0 Å². The second-order valence-corrected chi connectivity index (χ2v) is 3.61. The zero-order chi connectivity index (χ0) is 13.7. The van der Waals surface area contributed by atoms with Crippen molar-refractivity contribution < 1.29 is 14.3 Å². The minimum Gasteiger partial charge on any atom is -0.411 e. The van der Waals surface area contributed by atoms with E-state index in [1.165, 1.54) is 24.3 Å². The Morgan fingerprint density at radius 3 is 2.42 bits per heavy atom. The molecule has 0 saturated carbocycles. The second-order valence-electron chi connectivity index (χ2n) is 3.61. The number of rotatable bonds is 3. The molecule has 0 fully saturated rings. The molecule has 0 atom stereocenters. The third-order valence-electron chi connectivity index (χ3n) is 2.24. The number of hydrogen-bond acceptors (Lipinski definition) is 4. The Morgan fingerprint density at radius 1 is 1.11 bits per heavy atom. The van der Waals surface area contributed by atoms with Gasteiger partial charge in [0.2, 0.25) is 0 Å². The van der Waals surface area contributed by atoms with Gasteiger partial charge in [0.05, 0.1) is 0 Å². The zero-order valence-electron chi connectivity index (χ0n) is 9.87. The highest BCUT2D eigenvalue weighted by Gasteiger charge is 2.07. The predicted molar refractivity (Wildman–Crippen MR) is 68.8 cm³/mol. The van der Waals surface area contributed by atoms with Crippen LogP contribution in [0.15, 0.2) is 48.7 Å². The summed E-state index contributed by atoms with van der Waals surface area (Å²) < 4.78 is 4.66. The molecule has 19 heavy (non-hydrogen) atoms. The third kappa shape index (κ3) is 3.53. The minimum absolute atomic E-state index is 0.280. The van der Waals surface area contributed by atoms with E-state index in [9.17, 15) is 9.59 Å². The molecule has 3 N–H and O–H groups in total. The first kappa shape index (κ1) is 12.6. The number of primary amides is 1. The van der Waals surface area contributed by atoms with Gasteiger partial charge >= 0.3 is 6.09 Å². The molecule has 0 saturated heterocycles. The number of ether oxygens (including phenoxy) is 1. The Balaban J connectivity index is 2.05. The fourth-order valence-electron chi connectivity index (χ4n) is 1.42. The van der Waals surface area contributed by atoms with Gasteiger partial charge in [-0.05, 0) is 36.4 Å². The standard InChI is InChI=1S/C13H11N3O3/c14-13(18)19-10-6-4-9(5-7-10)12(17)16-11-3-1-2-8-15-11/h1-8H,(H2,14,18)(H,15,16,17). The van der Waals surface area contributed by atoms with Crippen LogP contribution in [0.25, 0.3) is 0 Å². The van der Waals surface area contributed by atoms with Gasteiger partial charge in [0.15, 0.2) is 0 Å². The molecule has 0 bridgehead atoms. The molecule has 0 unspecified atom stereocenters. The van der Waals surface area contributed by atoms with Crippen molar-refractivity contribution in [2.75, 3.05) is 5.32 Å². The van der Waals surface area contributed by atoms with Crippen LogP contribution < -0.4 is 15.8 Å². The molecule has 1 aromatic carbocycles. The fourth-order valence-corrected chi connectivity index (χ4v) is 1.42. The fraction of sp³-hybridized carbons (Fsp3) is 0. The molecule has 0 radical (unpaired) electrons. The maximum Gasteiger partial charge on any atom is 0.409 e. The van der Waals surface area contributed by atoms with Crippen LogP contribution in [-0.2, 0) is 0 Å². The van der Waals surface area contributed by atoms with Gasteiger partial charge < -0.3 is 15.8 Å². The van der Waals surface area contributed by atoms with E-state index >= 15 is 0 Å². The zero-order valence-corrected chi connectivity index (χ0v) is 9.87. The van der Waals surface area contributed by atoms with Crippen molar-refractivity contribution in [2.24, 2.45) is 5.73 Å². The average molecular weight is 257 g/mol. The third-order valence-corrected chi connectivity index (χ3v) is 2.24. The highest BCUT2D eigenvalue weighted by molar-refractivity contribution is 6.03. The summed E-state index contributed by atoms with van der Waals surface area (Å²) in [6.07, 6.45) is 0.685. The van der Waals surface area contributed by atoms with Crippen LogP contribution in [0.5, 0.6) is 5.75 Å². The number of amides is 2. The van der Waals surface area contributed by atoms with E-state index in [4.69, 9.17) is 5.73 Å². The van der Waals surface area contributed by atoms with Crippen LogP contribution in [-0.4, -0.2) is 17.0 Å². The van der Waals surface area contributed by atoms with Crippen LogP contribution in [0.2, 0.25) is 0 Å². The number of carbonyl (C=O) groups is 2. The summed E-state index contributed by atoms with van der Waals surface area (Å²) in [7, 11) is 0. The van der Waals surface area contributed by atoms with E-state index < -0.39 is 6.09 Å². The van der Waals surface area contributed by atoms with Crippen molar-refractivity contribution in [3.05, 3.63) is 54.2 Å². The van der Waals surface area contributed by atoms with Crippen LogP contribution in [0.3, 0.4) is 0 Å². The lowest BCUT2D eigenvalue weighted by atomic mass is 10.2. The summed E-state index contributed by atoms with van der Waals surface area (Å²) in [6.45, 7) is 0. The normalized spacial score (nSPS) is 9.68. The molecule has 2 rings (SSSR count). The van der Waals surface area contributed by atoms with Crippen molar-refractivity contribution in [2.45, 2.75) is 0 Å². The Morgan fingerprint density at radius 2 is 1.84 bits per heavy atom. The first-order valence-electron chi connectivity index (χ1n) is 5.45. The molecule has 2 aromatic rings. The van der Waals surface area contributed by atoms with Crippen molar-refractivity contribution >= 4 is 17.8 Å². The first-order valence-corrected chi connectivity index (χ1v) is 5.45. The number of nitrogens with two attached hydrogens (primary N) is 1. The quantitative estimate of drug-likeness (QED) is 0.876. The monoisotopic (exact) mass is 257 g/mol. The number of nitrogens with zero attached hydrogens (tertiary/aromatic N) is 1. The van der Waals surface area contributed by atoms with Gasteiger partial charge in [-0.15, -0.1) is 0 Å². The molecule has 6 heteroatoms. The van der Waals surface area contributed by atoms with Crippen molar-refractivity contribution in [1.29, 1.82) is 0 Å². The number of nitrogens with one attached hydrogen (secondary N) is 1. The van der Waals surface area contributed by atoms with Gasteiger partial charge in [0.25, 0.3) is 5.91 Å². The molecule has 1 heterocycles. The first-order chi connectivity index (χ1) is 9.15. The SMILES string of the molecule is NC(=O)Oc1ccc(C(=O)Nc2ccccn2)cc1. The van der Waals surface area contributed by atoms with Gasteiger partial charge in [-0.3, -0.25) is 4.79 Å². The Labute approximate surface area is 109 Å². The lowest BCUT2D eigenvalue weighted by Gasteiger charge is -2.05. The minimum atomic E-state index is -0.898. The van der Waals surface area contributed by atoms with Crippen molar-refractivity contribution in [3.63, 3.8) is 0 Å². The highest BCUT2D eigenvalue weighted by Crippen LogP contribution is 2.13. The summed E-state index contributed by atoms with van der Waals surface area (Å²) in [5.41, 5.74) is 5.29. The summed E-state index contributed by atoms with van der Waals surface area (Å²) in [5, 5.41) is 2.64. The second kappa shape index (κ2) is 5.63. The average Bonchev–Trinajstić information content (AvgIpc) is 2.40. The largest absolute Gasteiger partial charge is 0.411 e. The van der Waals surface area contributed by atoms with Crippen LogP contribution in [0.4, 0.5) is 10.6 Å². The molecule has 0 aliphatic rings. The van der Waals surface area contributed by atoms with E-state index in [-0.39, 0.29) is 11.7 Å². The Bertz CT molecular complexity index is 582. The van der Waals surface area contributed by atoms with E-state index in [0.717, 1.165) is 0 Å². The summed E-state index contributed by atoms with van der Waals surface area (Å²) in [4.78, 5) is 26.4. The number of anilines is 1.